The fourth-order valence-electron chi connectivity index (χ4n) is 3.41. The predicted octanol–water partition coefficient (Wildman–Crippen LogP) is 4.47. The molecule has 2 aromatic heterocycles. The highest BCUT2D eigenvalue weighted by molar-refractivity contribution is 8.26. The molecular formula is C24H24N4O2S2. The summed E-state index contributed by atoms with van der Waals surface area (Å²) >= 11 is 6.68. The summed E-state index contributed by atoms with van der Waals surface area (Å²) in [5.74, 6) is 0.641. The Morgan fingerprint density at radius 2 is 1.91 bits per heavy atom. The predicted molar refractivity (Wildman–Crippen MR) is 135 cm³/mol. The van der Waals surface area contributed by atoms with Gasteiger partial charge in [0.15, 0.2) is 0 Å². The number of hydrogen-bond acceptors (Lipinski definition) is 6. The molecule has 0 radical (unpaired) electrons. The molecule has 32 heavy (non-hydrogen) atoms. The molecule has 1 aliphatic rings. The largest absolute Gasteiger partial charge is 0.369 e. The van der Waals surface area contributed by atoms with Crippen LogP contribution in [0.2, 0.25) is 0 Å². The highest BCUT2D eigenvalue weighted by Crippen LogP contribution is 2.34. The van der Waals surface area contributed by atoms with Crippen LogP contribution in [0.3, 0.4) is 0 Å². The van der Waals surface area contributed by atoms with Crippen molar-refractivity contribution < 1.29 is 4.79 Å². The van der Waals surface area contributed by atoms with Crippen molar-refractivity contribution in [1.29, 1.82) is 0 Å². The zero-order valence-electron chi connectivity index (χ0n) is 18.2. The van der Waals surface area contributed by atoms with Crippen LogP contribution in [0, 0.1) is 12.8 Å². The molecule has 1 saturated heterocycles. The number of aryl methyl sites for hydroxylation is 1. The molecule has 3 aromatic rings. The average Bonchev–Trinajstić information content (AvgIpc) is 3.03. The molecule has 1 aromatic carbocycles. The van der Waals surface area contributed by atoms with Crippen molar-refractivity contribution in [2.24, 2.45) is 5.92 Å². The van der Waals surface area contributed by atoms with Gasteiger partial charge in [0.25, 0.3) is 11.5 Å². The second kappa shape index (κ2) is 9.26. The maximum absolute atomic E-state index is 13.4. The van der Waals surface area contributed by atoms with Crippen LogP contribution in [0.25, 0.3) is 11.7 Å². The smallest absolute Gasteiger partial charge is 0.267 e. The zero-order chi connectivity index (χ0) is 22.8. The Hall–Kier alpha value is -2.97. The van der Waals surface area contributed by atoms with Gasteiger partial charge in [0.2, 0.25) is 0 Å². The van der Waals surface area contributed by atoms with Crippen molar-refractivity contribution in [3.8, 4) is 0 Å². The molecule has 1 aliphatic heterocycles. The number of benzene rings is 1. The minimum atomic E-state index is -0.224. The van der Waals surface area contributed by atoms with E-state index in [2.05, 4.69) is 19.2 Å². The molecule has 0 unspecified atom stereocenters. The van der Waals surface area contributed by atoms with Gasteiger partial charge in [-0.25, -0.2) is 4.98 Å². The monoisotopic (exact) mass is 464 g/mol. The molecular weight excluding hydrogens is 440 g/mol. The number of hydrogen-bond donors (Lipinski definition) is 1. The van der Waals surface area contributed by atoms with Crippen LogP contribution >= 0.6 is 24.0 Å². The van der Waals surface area contributed by atoms with E-state index < -0.39 is 0 Å². The number of thioether (sulfide) groups is 1. The third-order valence-corrected chi connectivity index (χ3v) is 6.47. The molecule has 164 valence electrons. The molecule has 0 bridgehead atoms. The summed E-state index contributed by atoms with van der Waals surface area (Å²) < 4.78 is 2.00. The van der Waals surface area contributed by atoms with Crippen molar-refractivity contribution in [2.45, 2.75) is 27.3 Å². The molecule has 0 atom stereocenters. The first-order valence-electron chi connectivity index (χ1n) is 10.4. The summed E-state index contributed by atoms with van der Waals surface area (Å²) in [4.78, 5) is 33.2. The van der Waals surface area contributed by atoms with Gasteiger partial charge in [-0.3, -0.25) is 18.9 Å². The van der Waals surface area contributed by atoms with Crippen LogP contribution in [0.4, 0.5) is 5.82 Å². The van der Waals surface area contributed by atoms with E-state index in [1.165, 1.54) is 16.2 Å². The van der Waals surface area contributed by atoms with Crippen molar-refractivity contribution in [1.82, 2.24) is 14.3 Å². The number of fused-ring (bicyclic) bond motifs is 1. The topological polar surface area (TPSA) is 66.7 Å². The van der Waals surface area contributed by atoms with Crippen molar-refractivity contribution in [2.75, 3.05) is 11.9 Å². The minimum absolute atomic E-state index is 0.201. The van der Waals surface area contributed by atoms with Gasteiger partial charge < -0.3 is 5.32 Å². The Labute approximate surface area is 196 Å². The molecule has 4 rings (SSSR count). The number of amides is 1. The highest BCUT2D eigenvalue weighted by atomic mass is 32.2. The molecule has 1 fully saturated rings. The fourth-order valence-corrected chi connectivity index (χ4v) is 4.65. The van der Waals surface area contributed by atoms with Gasteiger partial charge in [0.1, 0.15) is 15.8 Å². The molecule has 8 heteroatoms. The molecule has 0 saturated carbocycles. The number of pyridine rings is 1. The van der Waals surface area contributed by atoms with Gasteiger partial charge in [-0.2, -0.15) is 0 Å². The number of carbonyl (C=O) groups is 1. The van der Waals surface area contributed by atoms with Gasteiger partial charge in [-0.1, -0.05) is 74.2 Å². The zero-order valence-corrected chi connectivity index (χ0v) is 19.8. The number of nitrogens with zero attached hydrogens (tertiary/aromatic N) is 3. The minimum Gasteiger partial charge on any atom is -0.369 e. The maximum Gasteiger partial charge on any atom is 0.267 e. The number of thiocarbonyl (C=S) groups is 1. The van der Waals surface area contributed by atoms with Gasteiger partial charge in [-0.15, -0.1) is 0 Å². The van der Waals surface area contributed by atoms with Gasteiger partial charge >= 0.3 is 0 Å². The standard InChI is InChI=1S/C24H24N4O2S2/c1-15(2)13-25-20-18(22(29)27-11-7-8-16(3)21(27)26-20)12-19-23(30)28(24(31)32-19)14-17-9-5-4-6-10-17/h4-12,15,25H,13-14H2,1-3H3. The van der Waals surface area contributed by atoms with Crippen molar-refractivity contribution in [3.63, 3.8) is 0 Å². The first-order chi connectivity index (χ1) is 15.3. The van der Waals surface area contributed by atoms with Crippen molar-refractivity contribution in [3.05, 3.63) is 80.6 Å². The summed E-state index contributed by atoms with van der Waals surface area (Å²) in [7, 11) is 0. The van der Waals surface area contributed by atoms with Crippen LogP contribution in [0.1, 0.15) is 30.5 Å². The van der Waals surface area contributed by atoms with Crippen LogP contribution in [-0.2, 0) is 11.3 Å². The fraction of sp³-hybridized carbons (Fsp3) is 0.250. The first-order valence-corrected chi connectivity index (χ1v) is 11.6. The third-order valence-electron chi connectivity index (χ3n) is 5.09. The molecule has 3 heterocycles. The lowest BCUT2D eigenvalue weighted by Gasteiger charge is -2.14. The lowest BCUT2D eigenvalue weighted by molar-refractivity contribution is -0.122. The second-order valence-electron chi connectivity index (χ2n) is 8.09. The lowest BCUT2D eigenvalue weighted by Crippen LogP contribution is -2.27. The van der Waals surface area contributed by atoms with Gasteiger partial charge in [-0.05, 0) is 36.1 Å². The Balaban J connectivity index is 1.76. The SMILES string of the molecule is Cc1cccn2c(=O)c(C=C3SC(=S)N(Cc4ccccc4)C3=O)c(NCC(C)C)nc12. The summed E-state index contributed by atoms with van der Waals surface area (Å²) in [5, 5.41) is 3.29. The maximum atomic E-state index is 13.4. The quantitative estimate of drug-likeness (QED) is 0.429. The van der Waals surface area contributed by atoms with E-state index in [1.54, 1.807) is 17.2 Å². The molecule has 0 aliphatic carbocycles. The molecule has 6 nitrogen and oxygen atoms in total. The lowest BCUT2D eigenvalue weighted by atomic mass is 10.2. The van der Waals surface area contributed by atoms with E-state index in [-0.39, 0.29) is 11.5 Å². The second-order valence-corrected chi connectivity index (χ2v) is 9.77. The summed E-state index contributed by atoms with van der Waals surface area (Å²) in [6.45, 7) is 7.14. The molecule has 1 amide bonds. The number of aromatic nitrogens is 2. The Morgan fingerprint density at radius 1 is 1.16 bits per heavy atom. The molecule has 1 N–H and O–H groups in total. The average molecular weight is 465 g/mol. The molecule has 0 spiro atoms. The Bertz CT molecular complexity index is 1280. The number of rotatable bonds is 6. The van der Waals surface area contributed by atoms with Crippen molar-refractivity contribution >= 4 is 51.7 Å². The highest BCUT2D eigenvalue weighted by Gasteiger charge is 2.32. The Kier molecular flexibility index (Phi) is 6.43. The van der Waals surface area contributed by atoms with E-state index in [4.69, 9.17) is 17.2 Å². The Morgan fingerprint density at radius 3 is 2.62 bits per heavy atom. The first kappa shape index (κ1) is 22.2. The van der Waals surface area contributed by atoms with E-state index in [9.17, 15) is 9.59 Å². The van der Waals surface area contributed by atoms with E-state index in [0.717, 1.165) is 11.1 Å². The normalized spacial score (nSPS) is 15.4. The summed E-state index contributed by atoms with van der Waals surface area (Å²) in [6.07, 6.45) is 3.32. The number of carbonyl (C=O) groups excluding carboxylic acids is 1. The van der Waals surface area contributed by atoms with E-state index in [1.807, 2.05) is 49.4 Å². The van der Waals surface area contributed by atoms with E-state index in [0.29, 0.717) is 45.3 Å². The summed E-state index contributed by atoms with van der Waals surface area (Å²) in [5.41, 5.74) is 2.62. The van der Waals surface area contributed by atoms with Crippen LogP contribution in [0.15, 0.2) is 58.4 Å². The third kappa shape index (κ3) is 4.47. The van der Waals surface area contributed by atoms with Crippen LogP contribution < -0.4 is 10.9 Å². The van der Waals surface area contributed by atoms with Gasteiger partial charge in [0, 0.05) is 12.7 Å². The van der Waals surface area contributed by atoms with Crippen LogP contribution in [-0.4, -0.2) is 31.1 Å². The van der Waals surface area contributed by atoms with Gasteiger partial charge in [0.05, 0.1) is 17.0 Å². The van der Waals surface area contributed by atoms with E-state index >= 15 is 0 Å². The number of anilines is 1. The summed E-state index contributed by atoms with van der Waals surface area (Å²) in [6, 6.07) is 13.4. The number of nitrogens with one attached hydrogen (secondary N) is 1. The van der Waals surface area contributed by atoms with Crippen LogP contribution in [0.5, 0.6) is 0 Å².